The number of hydrogen-bond acceptors (Lipinski definition) is 2. The van der Waals surface area contributed by atoms with Gasteiger partial charge >= 0.3 is 0 Å². The molecule has 0 saturated heterocycles. The predicted molar refractivity (Wildman–Crippen MR) is 104 cm³/mol. The lowest BCUT2D eigenvalue weighted by Gasteiger charge is -2.12. The molecule has 0 amide bonds. The molecule has 0 aliphatic rings. The fourth-order valence-electron chi connectivity index (χ4n) is 2.23. The molecule has 0 atom stereocenters. The Labute approximate surface area is 159 Å². The molecule has 128 valence electrons. The number of nitrogens with zero attached hydrogens (tertiary/aromatic N) is 2. The van der Waals surface area contributed by atoms with Crippen LogP contribution in [0.25, 0.3) is 0 Å². The molecule has 0 spiro atoms. The second-order valence-electron chi connectivity index (χ2n) is 5.26. The van der Waals surface area contributed by atoms with Crippen molar-refractivity contribution in [3.05, 3.63) is 76.3 Å². The largest absolute Gasteiger partial charge is 0.332 e. The van der Waals surface area contributed by atoms with Crippen LogP contribution < -0.4 is 10.6 Å². The number of rotatable bonds is 4. The van der Waals surface area contributed by atoms with Crippen molar-refractivity contribution in [3.8, 4) is 0 Å². The van der Waals surface area contributed by atoms with Crippen molar-refractivity contribution in [1.29, 1.82) is 0 Å². The highest BCUT2D eigenvalue weighted by atomic mass is 35.5. The maximum atomic E-state index is 13.2. The summed E-state index contributed by atoms with van der Waals surface area (Å²) < 4.78 is 14.9. The van der Waals surface area contributed by atoms with Crippen LogP contribution in [0.3, 0.4) is 0 Å². The first-order chi connectivity index (χ1) is 12.0. The molecule has 1 heterocycles. The summed E-state index contributed by atoms with van der Waals surface area (Å²) in [6.07, 6.45) is 3.35. The topological polar surface area (TPSA) is 41.9 Å². The third kappa shape index (κ3) is 4.92. The van der Waals surface area contributed by atoms with Crippen LogP contribution in [0.15, 0.2) is 54.9 Å². The zero-order valence-electron chi connectivity index (χ0n) is 12.8. The van der Waals surface area contributed by atoms with Crippen LogP contribution >= 0.6 is 35.4 Å². The molecule has 0 radical (unpaired) electrons. The minimum absolute atomic E-state index is 0.0349. The SMILES string of the molecule is Fc1ccc(NC(=S)Nc2cccc(Cn3cc(Cl)cn3)c2)cc1Cl. The first-order valence-corrected chi connectivity index (χ1v) is 8.46. The lowest BCUT2D eigenvalue weighted by Crippen LogP contribution is -2.19. The van der Waals surface area contributed by atoms with Crippen molar-refractivity contribution < 1.29 is 4.39 Å². The third-order valence-electron chi connectivity index (χ3n) is 3.31. The van der Waals surface area contributed by atoms with Gasteiger partial charge in [-0.25, -0.2) is 4.39 Å². The van der Waals surface area contributed by atoms with Gasteiger partial charge in [0, 0.05) is 17.6 Å². The summed E-state index contributed by atoms with van der Waals surface area (Å²) in [6, 6.07) is 12.1. The first-order valence-electron chi connectivity index (χ1n) is 7.29. The molecule has 3 rings (SSSR count). The van der Waals surface area contributed by atoms with Crippen LogP contribution in [0.1, 0.15) is 5.56 Å². The van der Waals surface area contributed by atoms with Crippen molar-refractivity contribution in [2.75, 3.05) is 10.6 Å². The number of thiocarbonyl (C=S) groups is 1. The Hall–Kier alpha value is -2.15. The van der Waals surface area contributed by atoms with E-state index in [0.29, 0.717) is 22.4 Å². The second kappa shape index (κ2) is 7.82. The standard InChI is InChI=1S/C17H13Cl2FN4S/c18-12-8-21-24(10-12)9-11-2-1-3-13(6-11)22-17(25)23-14-4-5-16(20)15(19)7-14/h1-8,10H,9H2,(H2,22,23,25). The summed E-state index contributed by atoms with van der Waals surface area (Å²) in [5.41, 5.74) is 2.46. The van der Waals surface area contributed by atoms with Gasteiger partial charge in [0.25, 0.3) is 0 Å². The molecule has 0 aliphatic carbocycles. The zero-order chi connectivity index (χ0) is 17.8. The number of hydrogen-bond donors (Lipinski definition) is 2. The van der Waals surface area contributed by atoms with Gasteiger partial charge in [-0.2, -0.15) is 5.10 Å². The van der Waals surface area contributed by atoms with Gasteiger partial charge in [0.15, 0.2) is 5.11 Å². The van der Waals surface area contributed by atoms with E-state index in [0.717, 1.165) is 11.3 Å². The second-order valence-corrected chi connectivity index (χ2v) is 6.52. The predicted octanol–water partition coefficient (Wildman–Crippen LogP) is 5.19. The van der Waals surface area contributed by atoms with E-state index in [-0.39, 0.29) is 5.02 Å². The number of nitrogens with one attached hydrogen (secondary N) is 2. The molecule has 0 aliphatic heterocycles. The number of benzene rings is 2. The minimum atomic E-state index is -0.475. The Morgan fingerprint density at radius 3 is 2.56 bits per heavy atom. The Morgan fingerprint density at radius 2 is 1.88 bits per heavy atom. The summed E-state index contributed by atoms with van der Waals surface area (Å²) in [5.74, 6) is -0.475. The summed E-state index contributed by atoms with van der Waals surface area (Å²) in [7, 11) is 0. The molecule has 0 bridgehead atoms. The lowest BCUT2D eigenvalue weighted by atomic mass is 10.2. The van der Waals surface area contributed by atoms with Crippen molar-refractivity contribution >= 4 is 51.9 Å². The van der Waals surface area contributed by atoms with Crippen LogP contribution in [-0.2, 0) is 6.54 Å². The van der Waals surface area contributed by atoms with Crippen LogP contribution in [0.4, 0.5) is 15.8 Å². The van der Waals surface area contributed by atoms with Gasteiger partial charge < -0.3 is 10.6 Å². The van der Waals surface area contributed by atoms with Crippen molar-refractivity contribution in [2.24, 2.45) is 0 Å². The van der Waals surface area contributed by atoms with Crippen LogP contribution in [0, 0.1) is 5.82 Å². The summed E-state index contributed by atoms with van der Waals surface area (Å²) in [4.78, 5) is 0. The molecule has 0 saturated carbocycles. The van der Waals surface area contributed by atoms with E-state index < -0.39 is 5.82 Å². The maximum absolute atomic E-state index is 13.2. The van der Waals surface area contributed by atoms with Gasteiger partial charge in [0.05, 0.1) is 22.8 Å². The molecule has 4 nitrogen and oxygen atoms in total. The van der Waals surface area contributed by atoms with Crippen molar-refractivity contribution in [3.63, 3.8) is 0 Å². The fourth-order valence-corrected chi connectivity index (χ4v) is 2.80. The molecular weight excluding hydrogens is 382 g/mol. The molecule has 25 heavy (non-hydrogen) atoms. The zero-order valence-corrected chi connectivity index (χ0v) is 15.2. The smallest absolute Gasteiger partial charge is 0.175 e. The van der Waals surface area contributed by atoms with Gasteiger partial charge in [0.2, 0.25) is 0 Å². The molecule has 3 aromatic rings. The highest BCUT2D eigenvalue weighted by Crippen LogP contribution is 2.20. The Kier molecular flexibility index (Phi) is 5.53. The average molecular weight is 395 g/mol. The summed E-state index contributed by atoms with van der Waals surface area (Å²) >= 11 is 16.9. The van der Waals surface area contributed by atoms with E-state index in [2.05, 4.69) is 15.7 Å². The van der Waals surface area contributed by atoms with Crippen LogP contribution in [-0.4, -0.2) is 14.9 Å². The maximum Gasteiger partial charge on any atom is 0.175 e. The number of aromatic nitrogens is 2. The number of anilines is 2. The van der Waals surface area contributed by atoms with Gasteiger partial charge in [-0.1, -0.05) is 35.3 Å². The average Bonchev–Trinajstić information content (AvgIpc) is 2.96. The highest BCUT2D eigenvalue weighted by molar-refractivity contribution is 7.80. The van der Waals surface area contributed by atoms with E-state index in [1.54, 1.807) is 23.1 Å². The molecule has 2 aromatic carbocycles. The monoisotopic (exact) mass is 394 g/mol. The Morgan fingerprint density at radius 1 is 1.12 bits per heavy atom. The quantitative estimate of drug-likeness (QED) is 0.597. The minimum Gasteiger partial charge on any atom is -0.332 e. The van der Waals surface area contributed by atoms with Crippen LogP contribution in [0.5, 0.6) is 0 Å². The summed E-state index contributed by atoms with van der Waals surface area (Å²) in [6.45, 7) is 0.593. The normalized spacial score (nSPS) is 10.5. The molecule has 0 unspecified atom stereocenters. The van der Waals surface area contributed by atoms with E-state index in [9.17, 15) is 4.39 Å². The third-order valence-corrected chi connectivity index (χ3v) is 4.00. The van der Waals surface area contributed by atoms with Gasteiger partial charge in [-0.3, -0.25) is 4.68 Å². The van der Waals surface area contributed by atoms with E-state index >= 15 is 0 Å². The van der Waals surface area contributed by atoms with Gasteiger partial charge in [-0.05, 0) is 48.1 Å². The highest BCUT2D eigenvalue weighted by Gasteiger charge is 2.04. The Balaban J connectivity index is 1.64. The molecule has 2 N–H and O–H groups in total. The van der Waals surface area contributed by atoms with E-state index in [4.69, 9.17) is 35.4 Å². The molecular formula is C17H13Cl2FN4S. The summed E-state index contributed by atoms with van der Waals surface area (Å²) in [5, 5.41) is 11.2. The van der Waals surface area contributed by atoms with Gasteiger partial charge in [0.1, 0.15) is 5.82 Å². The van der Waals surface area contributed by atoms with E-state index in [1.807, 2.05) is 24.3 Å². The number of halogens is 3. The lowest BCUT2D eigenvalue weighted by molar-refractivity contribution is 0.628. The Bertz CT molecular complexity index is 913. The van der Waals surface area contributed by atoms with Crippen molar-refractivity contribution in [2.45, 2.75) is 6.54 Å². The van der Waals surface area contributed by atoms with Gasteiger partial charge in [-0.15, -0.1) is 0 Å². The molecule has 8 heteroatoms. The first kappa shape index (κ1) is 17.7. The van der Waals surface area contributed by atoms with Crippen molar-refractivity contribution in [1.82, 2.24) is 9.78 Å². The molecule has 1 aromatic heterocycles. The fraction of sp³-hybridized carbons (Fsp3) is 0.0588. The van der Waals surface area contributed by atoms with Crippen LogP contribution in [0.2, 0.25) is 10.0 Å². The van der Waals surface area contributed by atoms with E-state index in [1.165, 1.54) is 12.1 Å². The molecule has 0 fully saturated rings.